The number of carbonyl (C=O) groups excluding carboxylic acids is 2. The Morgan fingerprint density at radius 1 is 1.30 bits per heavy atom. The SMILES string of the molecule is CCOC(=O)CCC(=O)Nc1c2c(nn1-c1cccc(Cl)c1)CS(=O)(=O)C2. The molecule has 0 atom stereocenters. The van der Waals surface area contributed by atoms with Gasteiger partial charge in [0, 0.05) is 17.0 Å². The second-order valence-electron chi connectivity index (χ2n) is 6.05. The molecule has 27 heavy (non-hydrogen) atoms. The Bertz CT molecular complexity index is 1000. The van der Waals surface area contributed by atoms with Gasteiger partial charge in [0.15, 0.2) is 9.84 Å². The molecule has 1 amide bonds. The average molecular weight is 412 g/mol. The molecule has 0 aliphatic carbocycles. The van der Waals surface area contributed by atoms with Crippen molar-refractivity contribution in [3.63, 3.8) is 0 Å². The maximum atomic E-state index is 12.3. The van der Waals surface area contributed by atoms with Gasteiger partial charge in [0.2, 0.25) is 5.91 Å². The van der Waals surface area contributed by atoms with Gasteiger partial charge in [-0.3, -0.25) is 9.59 Å². The van der Waals surface area contributed by atoms with Crippen LogP contribution < -0.4 is 5.32 Å². The molecule has 10 heteroatoms. The fourth-order valence-corrected chi connectivity index (χ4v) is 4.49. The van der Waals surface area contributed by atoms with E-state index >= 15 is 0 Å². The number of fused-ring (bicyclic) bond motifs is 1. The van der Waals surface area contributed by atoms with Gasteiger partial charge in [0.05, 0.1) is 35.9 Å². The van der Waals surface area contributed by atoms with Crippen molar-refractivity contribution in [2.75, 3.05) is 11.9 Å². The number of anilines is 1. The van der Waals surface area contributed by atoms with E-state index in [1.807, 2.05) is 0 Å². The molecule has 0 saturated heterocycles. The van der Waals surface area contributed by atoms with E-state index in [2.05, 4.69) is 10.4 Å². The number of rotatable bonds is 6. The fraction of sp³-hybridized carbons (Fsp3) is 0.353. The summed E-state index contributed by atoms with van der Waals surface area (Å²) in [4.78, 5) is 23.7. The highest BCUT2D eigenvalue weighted by Crippen LogP contribution is 2.33. The van der Waals surface area contributed by atoms with Crippen LogP contribution in [0.5, 0.6) is 0 Å². The van der Waals surface area contributed by atoms with Gasteiger partial charge in [-0.15, -0.1) is 0 Å². The first-order chi connectivity index (χ1) is 12.8. The van der Waals surface area contributed by atoms with Gasteiger partial charge in [-0.2, -0.15) is 5.10 Å². The maximum Gasteiger partial charge on any atom is 0.306 e. The van der Waals surface area contributed by atoms with Crippen molar-refractivity contribution in [2.45, 2.75) is 31.3 Å². The van der Waals surface area contributed by atoms with Crippen LogP contribution in [0.3, 0.4) is 0 Å². The molecule has 1 aliphatic rings. The first kappa shape index (κ1) is 19.4. The third-order valence-corrected chi connectivity index (χ3v) is 5.64. The number of amides is 1. The molecule has 2 aromatic rings. The minimum atomic E-state index is -3.29. The Hall–Kier alpha value is -2.39. The Labute approximate surface area is 161 Å². The first-order valence-corrected chi connectivity index (χ1v) is 10.5. The van der Waals surface area contributed by atoms with E-state index in [4.69, 9.17) is 16.3 Å². The first-order valence-electron chi connectivity index (χ1n) is 8.31. The lowest BCUT2D eigenvalue weighted by atomic mass is 10.2. The second-order valence-corrected chi connectivity index (χ2v) is 8.55. The zero-order valence-corrected chi connectivity index (χ0v) is 16.1. The van der Waals surface area contributed by atoms with Crippen LogP contribution >= 0.6 is 11.6 Å². The molecular weight excluding hydrogens is 394 g/mol. The van der Waals surface area contributed by atoms with E-state index < -0.39 is 21.7 Å². The van der Waals surface area contributed by atoms with E-state index in [-0.39, 0.29) is 36.8 Å². The normalized spacial score (nSPS) is 14.6. The molecule has 2 heterocycles. The van der Waals surface area contributed by atoms with Crippen molar-refractivity contribution in [3.8, 4) is 5.69 Å². The molecule has 1 N–H and O–H groups in total. The molecule has 1 aliphatic heterocycles. The lowest BCUT2D eigenvalue weighted by molar-refractivity contribution is -0.144. The smallest absolute Gasteiger partial charge is 0.306 e. The molecule has 0 spiro atoms. The van der Waals surface area contributed by atoms with Crippen molar-refractivity contribution < 1.29 is 22.7 Å². The number of aromatic nitrogens is 2. The van der Waals surface area contributed by atoms with Crippen LogP contribution in [0.4, 0.5) is 5.82 Å². The number of benzene rings is 1. The summed E-state index contributed by atoms with van der Waals surface area (Å²) in [7, 11) is -3.29. The lowest BCUT2D eigenvalue weighted by Crippen LogP contribution is -2.18. The highest BCUT2D eigenvalue weighted by atomic mass is 35.5. The molecule has 1 aromatic heterocycles. The van der Waals surface area contributed by atoms with Gasteiger partial charge in [-0.1, -0.05) is 17.7 Å². The molecule has 0 bridgehead atoms. The van der Waals surface area contributed by atoms with Crippen LogP contribution in [0.15, 0.2) is 24.3 Å². The van der Waals surface area contributed by atoms with Crippen LogP contribution in [-0.2, 0) is 35.7 Å². The van der Waals surface area contributed by atoms with Crippen LogP contribution in [0.25, 0.3) is 5.69 Å². The summed E-state index contributed by atoms with van der Waals surface area (Å²) in [6, 6.07) is 6.83. The number of ether oxygens (including phenoxy) is 1. The topological polar surface area (TPSA) is 107 Å². The van der Waals surface area contributed by atoms with Crippen LogP contribution in [-0.4, -0.2) is 36.7 Å². The number of carbonyl (C=O) groups is 2. The van der Waals surface area contributed by atoms with Gasteiger partial charge in [0.25, 0.3) is 0 Å². The fourth-order valence-electron chi connectivity index (χ4n) is 2.81. The Balaban J connectivity index is 1.88. The molecule has 8 nitrogen and oxygen atoms in total. The minimum absolute atomic E-state index is 0.0640. The number of esters is 1. The summed E-state index contributed by atoms with van der Waals surface area (Å²) < 4.78 is 30.1. The lowest BCUT2D eigenvalue weighted by Gasteiger charge is -2.11. The van der Waals surface area contributed by atoms with Crippen molar-refractivity contribution in [2.24, 2.45) is 0 Å². The average Bonchev–Trinajstić information content (AvgIpc) is 3.06. The van der Waals surface area contributed by atoms with E-state index in [9.17, 15) is 18.0 Å². The van der Waals surface area contributed by atoms with E-state index in [1.54, 1.807) is 31.2 Å². The highest BCUT2D eigenvalue weighted by molar-refractivity contribution is 7.90. The zero-order valence-electron chi connectivity index (χ0n) is 14.6. The van der Waals surface area contributed by atoms with Crippen molar-refractivity contribution >= 4 is 39.1 Å². The summed E-state index contributed by atoms with van der Waals surface area (Å²) >= 11 is 6.03. The molecule has 0 fully saturated rings. The zero-order chi connectivity index (χ0) is 19.6. The summed E-state index contributed by atoms with van der Waals surface area (Å²) in [6.45, 7) is 1.93. The molecule has 3 rings (SSSR count). The molecule has 144 valence electrons. The van der Waals surface area contributed by atoms with E-state index in [0.717, 1.165) is 0 Å². The molecular formula is C17H18ClN3O5S. The van der Waals surface area contributed by atoms with Gasteiger partial charge in [0.1, 0.15) is 5.82 Å². The third-order valence-electron chi connectivity index (χ3n) is 3.96. The van der Waals surface area contributed by atoms with Crippen molar-refractivity contribution in [1.82, 2.24) is 9.78 Å². The van der Waals surface area contributed by atoms with E-state index in [1.165, 1.54) is 4.68 Å². The number of sulfone groups is 1. The van der Waals surface area contributed by atoms with Gasteiger partial charge in [-0.25, -0.2) is 13.1 Å². The van der Waals surface area contributed by atoms with Crippen LogP contribution in [0.2, 0.25) is 5.02 Å². The second kappa shape index (κ2) is 7.69. The largest absolute Gasteiger partial charge is 0.466 e. The van der Waals surface area contributed by atoms with Crippen molar-refractivity contribution in [3.05, 3.63) is 40.5 Å². The Kier molecular flexibility index (Phi) is 5.52. The maximum absolute atomic E-state index is 12.3. The monoisotopic (exact) mass is 411 g/mol. The van der Waals surface area contributed by atoms with Gasteiger partial charge >= 0.3 is 5.97 Å². The van der Waals surface area contributed by atoms with E-state index in [0.29, 0.717) is 22.0 Å². The number of nitrogens with one attached hydrogen (secondary N) is 1. The third kappa shape index (κ3) is 4.48. The summed E-state index contributed by atoms with van der Waals surface area (Å²) in [6.07, 6.45) is -0.146. The quantitative estimate of drug-likeness (QED) is 0.730. The minimum Gasteiger partial charge on any atom is -0.466 e. The summed E-state index contributed by atoms with van der Waals surface area (Å²) in [5.74, 6) is -0.998. The highest BCUT2D eigenvalue weighted by Gasteiger charge is 2.33. The number of halogens is 1. The van der Waals surface area contributed by atoms with Gasteiger partial charge in [-0.05, 0) is 25.1 Å². The molecule has 0 unspecified atom stereocenters. The number of nitrogens with zero attached hydrogens (tertiary/aromatic N) is 2. The Morgan fingerprint density at radius 3 is 2.78 bits per heavy atom. The van der Waals surface area contributed by atoms with Crippen LogP contribution in [0.1, 0.15) is 31.0 Å². The molecule has 1 aromatic carbocycles. The standard InChI is InChI=1S/C17H18ClN3O5S/c1-2-26-16(23)7-6-15(22)19-17-13-9-27(24,25)10-14(13)20-21(17)12-5-3-4-11(18)8-12/h3-5,8H,2,6-7,9-10H2,1H3,(H,19,22). The summed E-state index contributed by atoms with van der Waals surface area (Å²) in [5, 5.41) is 7.52. The van der Waals surface area contributed by atoms with Gasteiger partial charge < -0.3 is 10.1 Å². The van der Waals surface area contributed by atoms with Crippen LogP contribution in [0, 0.1) is 0 Å². The number of hydrogen-bond acceptors (Lipinski definition) is 6. The molecule has 0 radical (unpaired) electrons. The predicted molar refractivity (Wildman–Crippen MR) is 99.4 cm³/mol. The van der Waals surface area contributed by atoms with Crippen molar-refractivity contribution in [1.29, 1.82) is 0 Å². The summed E-state index contributed by atoms with van der Waals surface area (Å²) in [5.41, 5.74) is 1.45. The predicted octanol–water partition coefficient (Wildman–Crippen LogP) is 2.24. The Morgan fingerprint density at radius 2 is 2.07 bits per heavy atom. The molecule has 0 saturated carbocycles. The number of hydrogen-bond donors (Lipinski definition) is 1.